The van der Waals surface area contributed by atoms with Gasteiger partial charge in [-0.3, -0.25) is 10.4 Å². The van der Waals surface area contributed by atoms with Crippen LogP contribution in [0.1, 0.15) is 5.56 Å². The highest BCUT2D eigenvalue weighted by atomic mass is 32.2. The Morgan fingerprint density at radius 3 is 2.80 bits per heavy atom. The molecule has 4 N–H and O–H groups in total. The third kappa shape index (κ3) is 3.99. The molecule has 0 saturated carbocycles. The molecule has 6 nitrogen and oxygen atoms in total. The smallest absolute Gasteiger partial charge is 0.406 e. The van der Waals surface area contributed by atoms with Gasteiger partial charge in [0.05, 0.1) is 0 Å². The van der Waals surface area contributed by atoms with Crippen LogP contribution in [-0.2, 0) is 5.75 Å². The van der Waals surface area contributed by atoms with Crippen LogP contribution in [0.5, 0.6) is 5.75 Å². The van der Waals surface area contributed by atoms with Crippen molar-refractivity contribution in [3.05, 3.63) is 35.6 Å². The molecule has 2 heterocycles. The molecule has 0 bridgehead atoms. The number of nitrogens with one attached hydrogen (secondary N) is 2. The molecule has 134 valence electrons. The standard InChI is InChI=1S/C14H13F4N5OS/c1-23-12-10(5-11(19)20-13(12)21-22-23)25-6-7-4-8(2-3-9(7)15)24-14(16,17)18/h2-5,22H,6H2,1H3,(H3,19,20,21). The molecule has 0 atom stereocenters. The summed E-state index contributed by atoms with van der Waals surface area (Å²) in [7, 11) is 1.75. The molecule has 0 amide bonds. The van der Waals surface area contributed by atoms with Gasteiger partial charge in [-0.2, -0.15) is 0 Å². The van der Waals surface area contributed by atoms with Crippen LogP contribution in [0.2, 0.25) is 0 Å². The highest BCUT2D eigenvalue weighted by molar-refractivity contribution is 7.98. The summed E-state index contributed by atoms with van der Waals surface area (Å²) in [6.07, 6.45) is -4.83. The van der Waals surface area contributed by atoms with Gasteiger partial charge in [-0.15, -0.1) is 30.5 Å². The fourth-order valence-corrected chi connectivity index (χ4v) is 3.37. The number of rotatable bonds is 4. The zero-order valence-corrected chi connectivity index (χ0v) is 13.6. The quantitative estimate of drug-likeness (QED) is 0.559. The number of alkyl halides is 3. The molecule has 3 rings (SSSR count). The number of nitrogen functional groups attached to an aromatic ring is 1. The first-order valence-electron chi connectivity index (χ1n) is 6.96. The normalized spacial score (nSPS) is 13.6. The molecule has 1 aliphatic rings. The van der Waals surface area contributed by atoms with Crippen molar-refractivity contribution in [2.75, 3.05) is 23.2 Å². The lowest BCUT2D eigenvalue weighted by molar-refractivity contribution is -0.274. The summed E-state index contributed by atoms with van der Waals surface area (Å²) in [6.45, 7) is 0. The van der Waals surface area contributed by atoms with E-state index in [1.165, 1.54) is 11.8 Å². The van der Waals surface area contributed by atoms with E-state index in [0.717, 1.165) is 18.2 Å². The highest BCUT2D eigenvalue weighted by Crippen LogP contribution is 2.39. The molecule has 1 aliphatic heterocycles. The maximum absolute atomic E-state index is 13.9. The molecular formula is C14H13F4N5OS. The van der Waals surface area contributed by atoms with Crippen molar-refractivity contribution in [2.24, 2.45) is 0 Å². The van der Waals surface area contributed by atoms with Crippen LogP contribution in [0, 0.1) is 5.82 Å². The molecule has 25 heavy (non-hydrogen) atoms. The van der Waals surface area contributed by atoms with Crippen LogP contribution < -0.4 is 26.4 Å². The summed E-state index contributed by atoms with van der Waals surface area (Å²) in [6, 6.07) is 4.52. The first-order chi connectivity index (χ1) is 11.7. The first-order valence-corrected chi connectivity index (χ1v) is 7.94. The molecule has 0 saturated heterocycles. The van der Waals surface area contributed by atoms with E-state index in [0.29, 0.717) is 16.4 Å². The minimum absolute atomic E-state index is 0.0810. The van der Waals surface area contributed by atoms with Gasteiger partial charge < -0.3 is 10.5 Å². The Balaban J connectivity index is 1.82. The Morgan fingerprint density at radius 2 is 2.08 bits per heavy atom. The Kier molecular flexibility index (Phi) is 4.52. The highest BCUT2D eigenvalue weighted by Gasteiger charge is 2.31. The number of thioether (sulfide) groups is 1. The van der Waals surface area contributed by atoms with Gasteiger partial charge in [0.15, 0.2) is 5.82 Å². The molecule has 11 heteroatoms. The minimum atomic E-state index is -4.83. The fourth-order valence-electron chi connectivity index (χ4n) is 2.26. The van der Waals surface area contributed by atoms with E-state index in [-0.39, 0.29) is 17.1 Å². The van der Waals surface area contributed by atoms with Crippen molar-refractivity contribution < 1.29 is 22.3 Å². The van der Waals surface area contributed by atoms with Crippen molar-refractivity contribution in [1.82, 2.24) is 10.5 Å². The Morgan fingerprint density at radius 1 is 1.32 bits per heavy atom. The van der Waals surface area contributed by atoms with Gasteiger partial charge in [-0.25, -0.2) is 9.37 Å². The van der Waals surface area contributed by atoms with Crippen LogP contribution in [0.15, 0.2) is 29.2 Å². The number of aromatic nitrogens is 1. The number of fused-ring (bicyclic) bond motifs is 1. The van der Waals surface area contributed by atoms with Crippen molar-refractivity contribution >= 4 is 29.1 Å². The molecule has 2 aromatic rings. The van der Waals surface area contributed by atoms with Crippen LogP contribution >= 0.6 is 11.8 Å². The SMILES string of the molecule is CN1NNc2nc(N)cc(SCc3cc(OC(F)(F)F)ccc3F)c21. The number of benzene rings is 1. The van der Waals surface area contributed by atoms with E-state index >= 15 is 0 Å². The van der Waals surface area contributed by atoms with Gasteiger partial charge in [0.25, 0.3) is 0 Å². The van der Waals surface area contributed by atoms with E-state index < -0.39 is 17.9 Å². The van der Waals surface area contributed by atoms with Crippen LogP contribution in [-0.4, -0.2) is 18.4 Å². The predicted octanol–water partition coefficient (Wildman–Crippen LogP) is 3.28. The number of hydrazine groups is 2. The van der Waals surface area contributed by atoms with Gasteiger partial charge in [0.1, 0.15) is 23.1 Å². The van der Waals surface area contributed by atoms with Gasteiger partial charge >= 0.3 is 6.36 Å². The first kappa shape index (κ1) is 17.4. The Labute approximate surface area is 144 Å². The van der Waals surface area contributed by atoms with Gasteiger partial charge in [-0.05, 0) is 24.3 Å². The van der Waals surface area contributed by atoms with E-state index in [9.17, 15) is 17.6 Å². The average Bonchev–Trinajstić information content (AvgIpc) is 2.87. The summed E-state index contributed by atoms with van der Waals surface area (Å²) in [5.74, 6) is -0.222. The van der Waals surface area contributed by atoms with Crippen molar-refractivity contribution in [2.45, 2.75) is 17.0 Å². The Hall–Kier alpha value is -2.40. The van der Waals surface area contributed by atoms with E-state index in [1.54, 1.807) is 18.1 Å². The molecule has 0 unspecified atom stereocenters. The summed E-state index contributed by atoms with van der Waals surface area (Å²) in [5.41, 5.74) is 12.2. The van der Waals surface area contributed by atoms with Crippen LogP contribution in [0.3, 0.4) is 0 Å². The van der Waals surface area contributed by atoms with Crippen LogP contribution in [0.25, 0.3) is 0 Å². The maximum Gasteiger partial charge on any atom is 0.573 e. The molecule has 0 fully saturated rings. The lowest BCUT2D eigenvalue weighted by atomic mass is 10.2. The van der Waals surface area contributed by atoms with Gasteiger partial charge in [-0.1, -0.05) is 0 Å². The number of hydrogen-bond donors (Lipinski definition) is 3. The summed E-state index contributed by atoms with van der Waals surface area (Å²) in [4.78, 5) is 4.82. The van der Waals surface area contributed by atoms with Crippen molar-refractivity contribution in [3.8, 4) is 5.75 Å². The Bertz CT molecular complexity index is 802. The van der Waals surface area contributed by atoms with Gasteiger partial charge in [0.2, 0.25) is 0 Å². The zero-order valence-electron chi connectivity index (χ0n) is 12.8. The fraction of sp³-hybridized carbons (Fsp3) is 0.214. The average molecular weight is 375 g/mol. The second-order valence-corrected chi connectivity index (χ2v) is 6.15. The van der Waals surface area contributed by atoms with Gasteiger partial charge in [0, 0.05) is 23.3 Å². The summed E-state index contributed by atoms with van der Waals surface area (Å²) < 4.78 is 54.6. The van der Waals surface area contributed by atoms with Crippen molar-refractivity contribution in [1.29, 1.82) is 0 Å². The molecule has 0 aliphatic carbocycles. The maximum atomic E-state index is 13.9. The number of nitrogens with two attached hydrogens (primary N) is 1. The lowest BCUT2D eigenvalue weighted by Crippen LogP contribution is -2.31. The monoisotopic (exact) mass is 375 g/mol. The van der Waals surface area contributed by atoms with Crippen molar-refractivity contribution in [3.63, 3.8) is 0 Å². The molecular weight excluding hydrogens is 362 g/mol. The topological polar surface area (TPSA) is 75.4 Å². The predicted molar refractivity (Wildman–Crippen MR) is 86.5 cm³/mol. The number of pyridine rings is 1. The number of nitrogens with zero attached hydrogens (tertiary/aromatic N) is 2. The zero-order chi connectivity index (χ0) is 18.2. The second kappa shape index (κ2) is 6.48. The van der Waals surface area contributed by atoms with E-state index in [1.807, 2.05) is 0 Å². The summed E-state index contributed by atoms with van der Waals surface area (Å²) in [5, 5.41) is 1.67. The molecule has 0 radical (unpaired) electrons. The second-order valence-electron chi connectivity index (χ2n) is 5.13. The largest absolute Gasteiger partial charge is 0.573 e. The summed E-state index contributed by atoms with van der Waals surface area (Å²) >= 11 is 1.22. The van der Waals surface area contributed by atoms with E-state index in [4.69, 9.17) is 5.73 Å². The third-order valence-corrected chi connectivity index (χ3v) is 4.37. The molecule has 1 aromatic heterocycles. The molecule has 0 spiro atoms. The lowest BCUT2D eigenvalue weighted by Gasteiger charge is -2.15. The number of ether oxygens (including phenoxy) is 1. The number of anilines is 3. The van der Waals surface area contributed by atoms with Crippen LogP contribution in [0.4, 0.5) is 34.9 Å². The number of hydrogen-bond acceptors (Lipinski definition) is 7. The molecule has 1 aromatic carbocycles. The minimum Gasteiger partial charge on any atom is -0.406 e. The number of halogens is 4. The van der Waals surface area contributed by atoms with E-state index in [2.05, 4.69) is 20.7 Å². The third-order valence-electron chi connectivity index (χ3n) is 3.29.